The quantitative estimate of drug-likeness (QED) is 0.191. The summed E-state index contributed by atoms with van der Waals surface area (Å²) in [6, 6.07) is 16.4. The van der Waals surface area contributed by atoms with Crippen LogP contribution in [0.5, 0.6) is 0 Å². The molecule has 216 valence electrons. The molecular formula is C34H52FN3S. The van der Waals surface area contributed by atoms with Crippen LogP contribution in [0.3, 0.4) is 0 Å². The van der Waals surface area contributed by atoms with E-state index in [4.69, 9.17) is 0 Å². The first kappa shape index (κ1) is 38.1. The lowest BCUT2D eigenvalue weighted by atomic mass is 10.0. The van der Waals surface area contributed by atoms with Crippen molar-refractivity contribution in [2.24, 2.45) is 0 Å². The molecule has 0 saturated heterocycles. The van der Waals surface area contributed by atoms with Gasteiger partial charge in [0.15, 0.2) is 0 Å². The molecule has 0 saturated carbocycles. The number of nitrogens with zero attached hydrogens (tertiary/aromatic N) is 1. The van der Waals surface area contributed by atoms with Crippen molar-refractivity contribution >= 4 is 23.8 Å². The highest BCUT2D eigenvalue weighted by atomic mass is 32.2. The van der Waals surface area contributed by atoms with Gasteiger partial charge in [0.1, 0.15) is 5.82 Å². The van der Waals surface area contributed by atoms with Gasteiger partial charge in [0.25, 0.3) is 0 Å². The smallest absolute Gasteiger partial charge is 0.106 e. The predicted molar refractivity (Wildman–Crippen MR) is 178 cm³/mol. The standard InChI is InChI=1S/C22H32FN3S.C9H10.C2H6.CH4/c1-7-21(27-23)19(4)26(6)22(25-15-11-10-14-24-5)16-18(3)20-13-9-8-12-17(20)2;1-3-9-6-4-8(2)5-7-9;1-2;/h7-9,12-13,16,24-25H,1,3,10-11,14-15H2,2,4-6H3;3-7H,1H2,2H3;1-2H3;1H4/b21-19+,22-16-;;;. The Kier molecular flexibility index (Phi) is 22.4. The molecular weight excluding hydrogens is 501 g/mol. The maximum Gasteiger partial charge on any atom is 0.106 e. The van der Waals surface area contributed by atoms with Gasteiger partial charge in [-0.15, -0.1) is 0 Å². The molecule has 0 spiro atoms. The zero-order chi connectivity index (χ0) is 28.9. The first-order valence-electron chi connectivity index (χ1n) is 13.2. The third kappa shape index (κ3) is 14.6. The largest absolute Gasteiger partial charge is 0.371 e. The summed E-state index contributed by atoms with van der Waals surface area (Å²) in [6.45, 7) is 23.5. The van der Waals surface area contributed by atoms with E-state index in [1.165, 1.54) is 22.8 Å². The fraction of sp³-hybridized carbons (Fsp3) is 0.353. The van der Waals surface area contributed by atoms with Crippen molar-refractivity contribution in [1.82, 2.24) is 15.5 Å². The van der Waals surface area contributed by atoms with Gasteiger partial charge in [-0.1, -0.05) is 107 Å². The van der Waals surface area contributed by atoms with Crippen LogP contribution in [0, 0.1) is 13.8 Å². The molecule has 5 heteroatoms. The van der Waals surface area contributed by atoms with Gasteiger partial charge < -0.3 is 15.5 Å². The molecule has 2 aromatic rings. The SMILES string of the molecule is C.C=C/C(SF)=C(/C)N(C)/C(=C\C(=C)c1ccccc1C)NCCCCNC.C=Cc1ccc(C)cc1.CC. The molecule has 0 unspecified atom stereocenters. The van der Waals surface area contributed by atoms with E-state index in [1.54, 1.807) is 0 Å². The second-order valence-corrected chi connectivity index (χ2v) is 9.11. The highest BCUT2D eigenvalue weighted by molar-refractivity contribution is 7.98. The van der Waals surface area contributed by atoms with Crippen molar-refractivity contribution in [3.8, 4) is 0 Å². The number of nitrogens with one attached hydrogen (secondary N) is 2. The van der Waals surface area contributed by atoms with Gasteiger partial charge in [-0.05, 0) is 75.5 Å². The van der Waals surface area contributed by atoms with Crippen molar-refractivity contribution in [2.45, 2.75) is 54.9 Å². The number of allylic oxidation sites excluding steroid dienone is 4. The van der Waals surface area contributed by atoms with Crippen LogP contribution in [0.1, 0.15) is 63.3 Å². The third-order valence-corrected chi connectivity index (χ3v) is 6.39. The lowest BCUT2D eigenvalue weighted by molar-refractivity contribution is 0.462. The minimum absolute atomic E-state index is 0. The molecule has 0 heterocycles. The Hall–Kier alpha value is -3.02. The Morgan fingerprint density at radius 3 is 2.10 bits per heavy atom. The molecule has 0 aliphatic carbocycles. The number of aryl methyl sites for hydroxylation is 2. The van der Waals surface area contributed by atoms with Gasteiger partial charge in [0.05, 0.1) is 17.1 Å². The average Bonchev–Trinajstić information content (AvgIpc) is 2.94. The van der Waals surface area contributed by atoms with E-state index in [9.17, 15) is 3.89 Å². The minimum Gasteiger partial charge on any atom is -0.371 e. The highest BCUT2D eigenvalue weighted by Crippen LogP contribution is 2.26. The van der Waals surface area contributed by atoms with Crippen molar-refractivity contribution in [1.29, 1.82) is 0 Å². The van der Waals surface area contributed by atoms with E-state index in [0.717, 1.165) is 48.6 Å². The number of rotatable bonds is 13. The summed E-state index contributed by atoms with van der Waals surface area (Å²) < 4.78 is 13.2. The third-order valence-electron chi connectivity index (χ3n) is 5.76. The molecule has 3 nitrogen and oxygen atoms in total. The van der Waals surface area contributed by atoms with E-state index in [0.29, 0.717) is 4.91 Å². The van der Waals surface area contributed by atoms with Crippen LogP contribution in [0.15, 0.2) is 96.8 Å². The van der Waals surface area contributed by atoms with E-state index in [-0.39, 0.29) is 19.6 Å². The van der Waals surface area contributed by atoms with Gasteiger partial charge in [-0.25, -0.2) is 0 Å². The number of benzene rings is 2. The second kappa shape index (κ2) is 22.9. The van der Waals surface area contributed by atoms with Gasteiger partial charge in [-0.3, -0.25) is 0 Å². The molecule has 0 atom stereocenters. The zero-order valence-electron chi connectivity index (χ0n) is 24.5. The van der Waals surface area contributed by atoms with Crippen molar-refractivity contribution in [2.75, 3.05) is 27.2 Å². The van der Waals surface area contributed by atoms with Gasteiger partial charge in [0.2, 0.25) is 0 Å². The summed E-state index contributed by atoms with van der Waals surface area (Å²) in [7, 11) is 3.88. The second-order valence-electron chi connectivity index (χ2n) is 8.51. The van der Waals surface area contributed by atoms with Crippen LogP contribution in [0.4, 0.5) is 3.89 Å². The summed E-state index contributed by atoms with van der Waals surface area (Å²) in [4.78, 5) is 2.45. The zero-order valence-corrected chi connectivity index (χ0v) is 25.4. The van der Waals surface area contributed by atoms with Gasteiger partial charge in [-0.2, -0.15) is 3.89 Å². The Morgan fingerprint density at radius 2 is 1.59 bits per heavy atom. The minimum atomic E-state index is 0. The van der Waals surface area contributed by atoms with Crippen molar-refractivity contribution in [3.63, 3.8) is 0 Å². The Bertz CT molecular complexity index is 1040. The van der Waals surface area contributed by atoms with E-state index < -0.39 is 0 Å². The van der Waals surface area contributed by atoms with Crippen molar-refractivity contribution in [3.05, 3.63) is 119 Å². The van der Waals surface area contributed by atoms with Crippen LogP contribution >= 0.6 is 12.1 Å². The number of hydrogen-bond donors (Lipinski definition) is 2. The summed E-state index contributed by atoms with van der Waals surface area (Å²) in [6.07, 6.45) is 7.54. The average molecular weight is 554 g/mol. The fourth-order valence-corrected chi connectivity index (χ4v) is 3.68. The number of hydrogen-bond acceptors (Lipinski definition) is 4. The lowest BCUT2D eigenvalue weighted by Crippen LogP contribution is -2.29. The fourth-order valence-electron chi connectivity index (χ4n) is 3.37. The van der Waals surface area contributed by atoms with Crippen LogP contribution < -0.4 is 10.6 Å². The monoisotopic (exact) mass is 553 g/mol. The van der Waals surface area contributed by atoms with Crippen molar-refractivity contribution < 1.29 is 3.89 Å². The first-order valence-corrected chi connectivity index (χ1v) is 13.9. The number of unbranched alkanes of at least 4 members (excludes halogenated alkanes) is 1. The molecule has 0 bridgehead atoms. The Labute approximate surface area is 244 Å². The highest BCUT2D eigenvalue weighted by Gasteiger charge is 2.12. The molecule has 2 rings (SSSR count). The van der Waals surface area contributed by atoms with Crippen LogP contribution in [-0.4, -0.2) is 32.1 Å². The van der Waals surface area contributed by atoms with Crippen LogP contribution in [-0.2, 0) is 0 Å². The number of halogens is 1. The molecule has 0 aromatic heterocycles. The Balaban J connectivity index is 0. The normalized spacial score (nSPS) is 10.8. The summed E-state index contributed by atoms with van der Waals surface area (Å²) in [5.41, 5.74) is 6.46. The summed E-state index contributed by atoms with van der Waals surface area (Å²) in [5.74, 6) is 0.888. The van der Waals surface area contributed by atoms with Gasteiger partial charge >= 0.3 is 0 Å². The first-order chi connectivity index (χ1) is 18.3. The van der Waals surface area contributed by atoms with Gasteiger partial charge in [0, 0.05) is 19.3 Å². The predicted octanol–water partition coefficient (Wildman–Crippen LogP) is 9.71. The lowest BCUT2D eigenvalue weighted by Gasteiger charge is -2.26. The molecule has 0 aliphatic heterocycles. The molecule has 0 amide bonds. The van der Waals surface area contributed by atoms with E-state index in [1.807, 2.05) is 64.1 Å². The van der Waals surface area contributed by atoms with Crippen LogP contribution in [0.25, 0.3) is 11.6 Å². The summed E-state index contributed by atoms with van der Waals surface area (Å²) in [5, 5.41) is 6.64. The van der Waals surface area contributed by atoms with E-state index >= 15 is 0 Å². The molecule has 39 heavy (non-hydrogen) atoms. The molecule has 0 aliphatic rings. The van der Waals surface area contributed by atoms with E-state index in [2.05, 4.69) is 80.6 Å². The summed E-state index contributed by atoms with van der Waals surface area (Å²) >= 11 is 0.211. The molecule has 2 N–H and O–H groups in total. The molecule has 2 aromatic carbocycles. The topological polar surface area (TPSA) is 27.3 Å². The molecule has 0 fully saturated rings. The maximum atomic E-state index is 13.2. The maximum absolute atomic E-state index is 13.2. The Morgan fingerprint density at radius 1 is 1.00 bits per heavy atom. The van der Waals surface area contributed by atoms with Crippen LogP contribution in [0.2, 0.25) is 0 Å². The molecule has 0 radical (unpaired) electrons.